The van der Waals surface area contributed by atoms with Crippen LogP contribution in [0.15, 0.2) is 47.6 Å². The summed E-state index contributed by atoms with van der Waals surface area (Å²) < 4.78 is 12.2. The van der Waals surface area contributed by atoms with Crippen LogP contribution in [0.2, 0.25) is 0 Å². The number of halogens is 1. The normalized spacial score (nSPS) is 10.4. The van der Waals surface area contributed by atoms with E-state index in [1.54, 1.807) is 12.3 Å². The molecule has 0 atom stereocenters. The molecule has 0 aliphatic rings. The smallest absolute Gasteiger partial charge is 0.262 e. The lowest BCUT2D eigenvalue weighted by Crippen LogP contribution is -2.31. The van der Waals surface area contributed by atoms with Crippen molar-refractivity contribution < 1.29 is 14.3 Å². The van der Waals surface area contributed by atoms with Crippen LogP contribution in [-0.4, -0.2) is 37.0 Å². The molecule has 9 heteroatoms. The van der Waals surface area contributed by atoms with E-state index >= 15 is 0 Å². The molecule has 0 aliphatic carbocycles. The number of ether oxygens (including phenoxy) is 2. The van der Waals surface area contributed by atoms with E-state index in [-0.39, 0.29) is 12.5 Å². The maximum atomic E-state index is 12.2. The number of hydrogen-bond acceptors (Lipinski definition) is 5. The van der Waals surface area contributed by atoms with E-state index in [4.69, 9.17) is 21.7 Å². The molecule has 154 valence electrons. The summed E-state index contributed by atoms with van der Waals surface area (Å²) in [6.45, 7) is 4.89. The van der Waals surface area contributed by atoms with Crippen molar-refractivity contribution in [3.05, 3.63) is 51.6 Å². The molecule has 0 unspecified atom stereocenters. The van der Waals surface area contributed by atoms with Crippen LogP contribution in [-0.2, 0) is 4.79 Å². The minimum Gasteiger partial charge on any atom is -0.490 e. The first-order valence-corrected chi connectivity index (χ1v) is 10.5. The second-order valence-electron chi connectivity index (χ2n) is 5.70. The molecule has 0 aliphatic heterocycles. The highest BCUT2D eigenvalue weighted by atomic mass is 127. The Bertz CT molecular complexity index is 862. The standard InChI is InChI=1S/C20H23IN4O3S/c1-3-22-20(29)25-23-12-14-10-16(21)19(17(11-14)27-4-2)28-13-18(26)24-15-8-6-5-7-9-15/h5-12H,3-4,13H2,1-2H3,(H,24,26)(H2,22,25,29)/b23-12-. The number of carbonyl (C=O) groups excluding carboxylic acids is 1. The fourth-order valence-corrected chi connectivity index (χ4v) is 3.27. The highest BCUT2D eigenvalue weighted by molar-refractivity contribution is 14.1. The highest BCUT2D eigenvalue weighted by Crippen LogP contribution is 2.34. The van der Waals surface area contributed by atoms with Crippen molar-refractivity contribution in [3.8, 4) is 11.5 Å². The average molecular weight is 526 g/mol. The Hall–Kier alpha value is -2.40. The monoisotopic (exact) mass is 526 g/mol. The van der Waals surface area contributed by atoms with Crippen molar-refractivity contribution in [2.75, 3.05) is 25.1 Å². The summed E-state index contributed by atoms with van der Waals surface area (Å²) in [6, 6.07) is 12.9. The Morgan fingerprint density at radius 2 is 1.97 bits per heavy atom. The quantitative estimate of drug-likeness (QED) is 0.201. The average Bonchev–Trinajstić information content (AvgIpc) is 2.68. The molecule has 29 heavy (non-hydrogen) atoms. The van der Waals surface area contributed by atoms with E-state index in [0.29, 0.717) is 23.2 Å². The van der Waals surface area contributed by atoms with Crippen LogP contribution >= 0.6 is 34.8 Å². The lowest BCUT2D eigenvalue weighted by Gasteiger charge is -2.14. The van der Waals surface area contributed by atoms with Crippen LogP contribution in [0.25, 0.3) is 0 Å². The molecule has 0 aromatic heterocycles. The number of amides is 1. The molecule has 1 amide bonds. The predicted octanol–water partition coefficient (Wildman–Crippen LogP) is 3.53. The Morgan fingerprint density at radius 3 is 2.66 bits per heavy atom. The van der Waals surface area contributed by atoms with Gasteiger partial charge in [-0.2, -0.15) is 5.10 Å². The molecule has 0 heterocycles. The van der Waals surface area contributed by atoms with Crippen molar-refractivity contribution in [2.24, 2.45) is 5.10 Å². The Labute approximate surface area is 189 Å². The van der Waals surface area contributed by atoms with Crippen LogP contribution in [0.3, 0.4) is 0 Å². The van der Waals surface area contributed by atoms with Gasteiger partial charge in [-0.15, -0.1) is 0 Å². The van der Waals surface area contributed by atoms with E-state index < -0.39 is 0 Å². The van der Waals surface area contributed by atoms with Crippen LogP contribution in [0.5, 0.6) is 11.5 Å². The fourth-order valence-electron chi connectivity index (χ4n) is 2.29. The van der Waals surface area contributed by atoms with Gasteiger partial charge in [0.1, 0.15) is 0 Å². The number of nitrogens with zero attached hydrogens (tertiary/aromatic N) is 1. The summed E-state index contributed by atoms with van der Waals surface area (Å²) in [6.07, 6.45) is 1.64. The van der Waals surface area contributed by atoms with Crippen molar-refractivity contribution >= 4 is 57.7 Å². The molecule has 0 fully saturated rings. The largest absolute Gasteiger partial charge is 0.490 e. The number of thiocarbonyl (C=S) groups is 1. The predicted molar refractivity (Wildman–Crippen MR) is 128 cm³/mol. The van der Waals surface area contributed by atoms with Gasteiger partial charge in [-0.25, -0.2) is 0 Å². The van der Waals surface area contributed by atoms with E-state index in [0.717, 1.165) is 21.4 Å². The molecular weight excluding hydrogens is 503 g/mol. The van der Waals surface area contributed by atoms with Gasteiger partial charge in [-0.3, -0.25) is 10.2 Å². The molecule has 2 rings (SSSR count). The zero-order valence-electron chi connectivity index (χ0n) is 16.2. The molecule has 2 aromatic rings. The summed E-state index contributed by atoms with van der Waals surface area (Å²) in [5.74, 6) is 0.813. The number of hydrogen-bond donors (Lipinski definition) is 3. The van der Waals surface area contributed by atoms with Gasteiger partial charge in [0.2, 0.25) is 0 Å². The lowest BCUT2D eigenvalue weighted by atomic mass is 10.2. The maximum Gasteiger partial charge on any atom is 0.262 e. The minimum atomic E-state index is -0.249. The van der Waals surface area contributed by atoms with E-state index in [1.165, 1.54) is 0 Å². The van der Waals surface area contributed by atoms with Crippen LogP contribution in [0.1, 0.15) is 19.4 Å². The van der Waals surface area contributed by atoms with Gasteiger partial charge in [0.15, 0.2) is 23.2 Å². The Kier molecular flexibility index (Phi) is 9.65. The van der Waals surface area contributed by atoms with Crippen LogP contribution < -0.4 is 25.5 Å². The van der Waals surface area contributed by atoms with E-state index in [2.05, 4.69) is 43.8 Å². The summed E-state index contributed by atoms with van der Waals surface area (Å²) in [4.78, 5) is 12.2. The molecule has 2 aromatic carbocycles. The van der Waals surface area contributed by atoms with E-state index in [1.807, 2.05) is 50.2 Å². The first kappa shape index (κ1) is 22.9. The molecule has 3 N–H and O–H groups in total. The van der Waals surface area contributed by atoms with Gasteiger partial charge >= 0.3 is 0 Å². The fraction of sp³-hybridized carbons (Fsp3) is 0.250. The first-order valence-electron chi connectivity index (χ1n) is 9.04. The van der Waals surface area contributed by atoms with Crippen LogP contribution in [0.4, 0.5) is 5.69 Å². The first-order chi connectivity index (χ1) is 14.0. The third-order valence-electron chi connectivity index (χ3n) is 3.45. The summed E-state index contributed by atoms with van der Waals surface area (Å²) >= 11 is 7.21. The van der Waals surface area contributed by atoms with E-state index in [9.17, 15) is 4.79 Å². The summed E-state index contributed by atoms with van der Waals surface area (Å²) in [7, 11) is 0. The molecule has 0 saturated carbocycles. The number of rotatable bonds is 9. The summed E-state index contributed by atoms with van der Waals surface area (Å²) in [5, 5.41) is 10.3. The van der Waals surface area contributed by atoms with Crippen molar-refractivity contribution in [1.82, 2.24) is 10.7 Å². The lowest BCUT2D eigenvalue weighted by molar-refractivity contribution is -0.118. The number of nitrogens with one attached hydrogen (secondary N) is 3. The van der Waals surface area contributed by atoms with Gasteiger partial charge in [-0.1, -0.05) is 18.2 Å². The topological polar surface area (TPSA) is 84.0 Å². The van der Waals surface area contributed by atoms with Crippen LogP contribution in [0, 0.1) is 3.57 Å². The zero-order valence-corrected chi connectivity index (χ0v) is 19.2. The van der Waals surface area contributed by atoms with Crippen molar-refractivity contribution in [2.45, 2.75) is 13.8 Å². The highest BCUT2D eigenvalue weighted by Gasteiger charge is 2.14. The van der Waals surface area contributed by atoms with Gasteiger partial charge in [0.25, 0.3) is 5.91 Å². The Balaban J connectivity index is 2.05. The third-order valence-corrected chi connectivity index (χ3v) is 4.49. The van der Waals surface area contributed by atoms with Crippen molar-refractivity contribution in [3.63, 3.8) is 0 Å². The van der Waals surface area contributed by atoms with Crippen molar-refractivity contribution in [1.29, 1.82) is 0 Å². The molecule has 0 bridgehead atoms. The SMILES string of the molecule is CCNC(=S)N/N=C\c1cc(I)c(OCC(=O)Nc2ccccc2)c(OCC)c1. The number of hydrazone groups is 1. The molecule has 0 spiro atoms. The molecule has 0 saturated heterocycles. The van der Waals surface area contributed by atoms with Gasteiger partial charge in [0, 0.05) is 12.2 Å². The Morgan fingerprint density at radius 1 is 1.21 bits per heavy atom. The number of anilines is 1. The number of carbonyl (C=O) groups is 1. The number of benzene rings is 2. The van der Waals surface area contributed by atoms with Gasteiger partial charge < -0.3 is 20.1 Å². The summed E-state index contributed by atoms with van der Waals surface area (Å²) in [5.41, 5.74) is 4.27. The second-order valence-corrected chi connectivity index (χ2v) is 7.27. The molecule has 0 radical (unpaired) electrons. The molecular formula is C20H23IN4O3S. The van der Waals surface area contributed by atoms with Gasteiger partial charge in [-0.05, 0) is 78.5 Å². The third kappa shape index (κ3) is 7.86. The molecule has 7 nitrogen and oxygen atoms in total. The van der Waals surface area contributed by atoms with Gasteiger partial charge in [0.05, 0.1) is 16.4 Å². The maximum absolute atomic E-state index is 12.2. The number of para-hydroxylation sites is 1. The minimum absolute atomic E-state index is 0.128. The zero-order chi connectivity index (χ0) is 21.1. The second kappa shape index (κ2) is 12.2.